The highest BCUT2D eigenvalue weighted by Gasteiger charge is 2.31. The maximum absolute atomic E-state index is 11.9. The van der Waals surface area contributed by atoms with Gasteiger partial charge in [-0.2, -0.15) is 5.26 Å². The summed E-state index contributed by atoms with van der Waals surface area (Å²) >= 11 is 3.41. The zero-order valence-electron chi connectivity index (χ0n) is 9.61. The maximum atomic E-state index is 11.9. The molecule has 1 aromatic rings. The van der Waals surface area contributed by atoms with E-state index in [-0.39, 0.29) is 5.91 Å². The number of hydrogen-bond acceptors (Lipinski definition) is 2. The van der Waals surface area contributed by atoms with Crippen LogP contribution < -0.4 is 4.90 Å². The minimum Gasteiger partial charge on any atom is -0.311 e. The predicted octanol–water partition coefficient (Wildman–Crippen LogP) is 2.61. The molecule has 1 unspecified atom stereocenters. The van der Waals surface area contributed by atoms with Gasteiger partial charge in [-0.3, -0.25) is 4.79 Å². The van der Waals surface area contributed by atoms with Crippen LogP contribution in [0.4, 0.5) is 5.69 Å². The van der Waals surface area contributed by atoms with Gasteiger partial charge in [0, 0.05) is 18.3 Å². The third-order valence-electron chi connectivity index (χ3n) is 3.08. The first-order valence-corrected chi connectivity index (χ1v) is 6.65. The number of benzene rings is 1. The van der Waals surface area contributed by atoms with Crippen molar-refractivity contribution < 1.29 is 4.79 Å². The molecule has 1 amide bonds. The van der Waals surface area contributed by atoms with Crippen molar-refractivity contribution in [3.05, 3.63) is 29.3 Å². The molecule has 1 aromatic carbocycles. The van der Waals surface area contributed by atoms with E-state index in [0.29, 0.717) is 24.4 Å². The second kappa shape index (κ2) is 4.89. The van der Waals surface area contributed by atoms with E-state index in [0.717, 1.165) is 16.6 Å². The van der Waals surface area contributed by atoms with E-state index in [4.69, 9.17) is 0 Å². The molecule has 88 valence electrons. The molecule has 0 aromatic heterocycles. The Balaban J connectivity index is 2.39. The molecule has 0 saturated carbocycles. The van der Waals surface area contributed by atoms with E-state index >= 15 is 0 Å². The van der Waals surface area contributed by atoms with E-state index in [1.807, 2.05) is 25.1 Å². The first-order chi connectivity index (χ1) is 8.17. The van der Waals surface area contributed by atoms with Gasteiger partial charge in [0.1, 0.15) is 6.07 Å². The number of nitriles is 1. The van der Waals surface area contributed by atoms with E-state index in [9.17, 15) is 10.1 Å². The molecule has 17 heavy (non-hydrogen) atoms. The molecule has 1 heterocycles. The largest absolute Gasteiger partial charge is 0.311 e. The molecule has 1 atom stereocenters. The number of carbonyl (C=O) groups excluding carboxylic acids is 1. The number of rotatable bonds is 2. The number of amides is 1. The number of nitrogens with zero attached hydrogens (tertiary/aromatic N) is 2. The third-order valence-corrected chi connectivity index (χ3v) is 3.99. The summed E-state index contributed by atoms with van der Waals surface area (Å²) in [6.07, 6.45) is 0.560. The van der Waals surface area contributed by atoms with Crippen molar-refractivity contribution in [2.45, 2.75) is 13.3 Å². The van der Waals surface area contributed by atoms with Crippen LogP contribution in [-0.2, 0) is 4.79 Å². The highest BCUT2D eigenvalue weighted by molar-refractivity contribution is 9.09. The van der Waals surface area contributed by atoms with Gasteiger partial charge in [-0.25, -0.2) is 0 Å². The Morgan fingerprint density at radius 2 is 2.35 bits per heavy atom. The summed E-state index contributed by atoms with van der Waals surface area (Å²) in [5.41, 5.74) is 2.28. The Hall–Kier alpha value is -1.34. The number of carbonyl (C=O) groups is 1. The van der Waals surface area contributed by atoms with Gasteiger partial charge in [-0.05, 0) is 24.5 Å². The van der Waals surface area contributed by atoms with Crippen molar-refractivity contribution in [2.75, 3.05) is 16.8 Å². The molecule has 0 radical (unpaired) electrons. The van der Waals surface area contributed by atoms with Crippen molar-refractivity contribution in [3.8, 4) is 6.07 Å². The van der Waals surface area contributed by atoms with Gasteiger partial charge in [-0.1, -0.05) is 28.1 Å². The minimum atomic E-state index is 0.108. The van der Waals surface area contributed by atoms with Crippen LogP contribution in [0.15, 0.2) is 18.2 Å². The molecule has 1 aliphatic rings. The Bertz CT molecular complexity index is 493. The van der Waals surface area contributed by atoms with E-state index in [1.54, 1.807) is 4.90 Å². The highest BCUT2D eigenvalue weighted by atomic mass is 79.9. The monoisotopic (exact) mass is 292 g/mol. The number of halogens is 1. The summed E-state index contributed by atoms with van der Waals surface area (Å²) < 4.78 is 0. The van der Waals surface area contributed by atoms with Crippen molar-refractivity contribution in [1.82, 2.24) is 0 Å². The SMILES string of the molecule is Cc1cccc(N2CC(CBr)CC2=O)c1C#N. The van der Waals surface area contributed by atoms with E-state index in [2.05, 4.69) is 22.0 Å². The number of alkyl halides is 1. The Kier molecular flexibility index (Phi) is 3.49. The molecule has 4 heteroatoms. The Morgan fingerprint density at radius 3 is 2.94 bits per heavy atom. The highest BCUT2D eigenvalue weighted by Crippen LogP contribution is 2.29. The summed E-state index contributed by atoms with van der Waals surface area (Å²) in [5, 5.41) is 9.99. The Morgan fingerprint density at radius 1 is 1.59 bits per heavy atom. The summed E-state index contributed by atoms with van der Waals surface area (Å²) in [4.78, 5) is 13.7. The van der Waals surface area contributed by atoms with Gasteiger partial charge >= 0.3 is 0 Å². The first-order valence-electron chi connectivity index (χ1n) is 5.53. The second-order valence-corrected chi connectivity index (χ2v) is 4.96. The van der Waals surface area contributed by atoms with Crippen molar-refractivity contribution in [1.29, 1.82) is 5.26 Å². The number of anilines is 1. The van der Waals surface area contributed by atoms with Crippen LogP contribution in [0, 0.1) is 24.2 Å². The fourth-order valence-electron chi connectivity index (χ4n) is 2.14. The first kappa shape index (κ1) is 12.1. The summed E-state index contributed by atoms with van der Waals surface area (Å²) in [6.45, 7) is 2.59. The molecule has 0 bridgehead atoms. The Labute approximate surface area is 109 Å². The molecule has 0 spiro atoms. The fourth-order valence-corrected chi connectivity index (χ4v) is 2.57. The van der Waals surface area contributed by atoms with Crippen LogP contribution >= 0.6 is 15.9 Å². The van der Waals surface area contributed by atoms with Crippen LogP contribution in [0.1, 0.15) is 17.5 Å². The zero-order valence-corrected chi connectivity index (χ0v) is 11.2. The van der Waals surface area contributed by atoms with Crippen LogP contribution in [0.3, 0.4) is 0 Å². The van der Waals surface area contributed by atoms with Crippen LogP contribution in [-0.4, -0.2) is 17.8 Å². The van der Waals surface area contributed by atoms with Crippen molar-refractivity contribution in [2.24, 2.45) is 5.92 Å². The maximum Gasteiger partial charge on any atom is 0.227 e. The number of hydrogen-bond donors (Lipinski definition) is 0. The molecule has 2 rings (SSSR count). The normalized spacial score (nSPS) is 19.5. The van der Waals surface area contributed by atoms with Crippen LogP contribution in [0.2, 0.25) is 0 Å². The molecular weight excluding hydrogens is 280 g/mol. The zero-order chi connectivity index (χ0) is 12.4. The average Bonchev–Trinajstić information content (AvgIpc) is 2.70. The minimum absolute atomic E-state index is 0.108. The smallest absolute Gasteiger partial charge is 0.227 e. The standard InChI is InChI=1S/C13H13BrN2O/c1-9-3-2-4-12(11(9)7-15)16-8-10(6-14)5-13(16)17/h2-4,10H,5-6,8H2,1H3. The quantitative estimate of drug-likeness (QED) is 0.787. The summed E-state index contributed by atoms with van der Waals surface area (Å²) in [6, 6.07) is 7.82. The topological polar surface area (TPSA) is 44.1 Å². The summed E-state index contributed by atoms with van der Waals surface area (Å²) in [5.74, 6) is 0.450. The molecule has 1 saturated heterocycles. The second-order valence-electron chi connectivity index (χ2n) is 4.31. The van der Waals surface area contributed by atoms with E-state index in [1.165, 1.54) is 0 Å². The molecule has 0 aliphatic carbocycles. The van der Waals surface area contributed by atoms with Crippen LogP contribution in [0.25, 0.3) is 0 Å². The van der Waals surface area contributed by atoms with Gasteiger partial charge in [0.05, 0.1) is 11.3 Å². The molecule has 0 N–H and O–H groups in total. The van der Waals surface area contributed by atoms with Gasteiger partial charge < -0.3 is 4.90 Å². The molecule has 1 fully saturated rings. The van der Waals surface area contributed by atoms with Crippen molar-refractivity contribution in [3.63, 3.8) is 0 Å². The molecular formula is C13H13BrN2O. The molecule has 3 nitrogen and oxygen atoms in total. The van der Waals surface area contributed by atoms with Gasteiger partial charge in [0.2, 0.25) is 5.91 Å². The lowest BCUT2D eigenvalue weighted by Gasteiger charge is -2.18. The number of aryl methyl sites for hydroxylation is 1. The predicted molar refractivity (Wildman–Crippen MR) is 70.1 cm³/mol. The third kappa shape index (κ3) is 2.20. The lowest BCUT2D eigenvalue weighted by atomic mass is 10.1. The van der Waals surface area contributed by atoms with Gasteiger partial charge in [0.15, 0.2) is 0 Å². The van der Waals surface area contributed by atoms with E-state index < -0.39 is 0 Å². The van der Waals surface area contributed by atoms with Gasteiger partial charge in [-0.15, -0.1) is 0 Å². The lowest BCUT2D eigenvalue weighted by Crippen LogP contribution is -2.25. The lowest BCUT2D eigenvalue weighted by molar-refractivity contribution is -0.117. The average molecular weight is 293 g/mol. The summed E-state index contributed by atoms with van der Waals surface area (Å²) in [7, 11) is 0. The van der Waals surface area contributed by atoms with Gasteiger partial charge in [0.25, 0.3) is 0 Å². The molecule has 1 aliphatic heterocycles. The van der Waals surface area contributed by atoms with Crippen molar-refractivity contribution >= 4 is 27.5 Å². The van der Waals surface area contributed by atoms with Crippen LogP contribution in [0.5, 0.6) is 0 Å². The fraction of sp³-hybridized carbons (Fsp3) is 0.385.